The quantitative estimate of drug-likeness (QED) is 0.0263. The lowest BCUT2D eigenvalue weighted by Crippen LogP contribution is -2.30. The van der Waals surface area contributed by atoms with E-state index in [9.17, 15) is 14.4 Å². The van der Waals surface area contributed by atoms with Gasteiger partial charge in [-0.1, -0.05) is 223 Å². The van der Waals surface area contributed by atoms with Crippen LogP contribution in [0.2, 0.25) is 0 Å². The van der Waals surface area contributed by atoms with Crippen molar-refractivity contribution < 1.29 is 28.6 Å². The van der Waals surface area contributed by atoms with Crippen LogP contribution in [0.5, 0.6) is 0 Å². The van der Waals surface area contributed by atoms with Crippen LogP contribution in [0.25, 0.3) is 0 Å². The first-order chi connectivity index (χ1) is 30.0. The first-order valence-corrected chi connectivity index (χ1v) is 26.1. The van der Waals surface area contributed by atoms with E-state index >= 15 is 0 Å². The Morgan fingerprint density at radius 3 is 1.10 bits per heavy atom. The summed E-state index contributed by atoms with van der Waals surface area (Å²) in [6, 6.07) is 0. The molecule has 0 radical (unpaired) electrons. The maximum absolute atomic E-state index is 12.8. The molecule has 0 amide bonds. The third-order valence-corrected chi connectivity index (χ3v) is 11.3. The van der Waals surface area contributed by atoms with Gasteiger partial charge < -0.3 is 14.2 Å². The van der Waals surface area contributed by atoms with E-state index < -0.39 is 6.10 Å². The van der Waals surface area contributed by atoms with Crippen LogP contribution in [0, 0.1) is 0 Å². The zero-order valence-corrected chi connectivity index (χ0v) is 40.4. The summed E-state index contributed by atoms with van der Waals surface area (Å²) in [6.45, 7) is 6.48. The second kappa shape index (κ2) is 50.0. The molecule has 0 spiro atoms. The topological polar surface area (TPSA) is 78.9 Å². The van der Waals surface area contributed by atoms with Gasteiger partial charge >= 0.3 is 17.9 Å². The summed E-state index contributed by atoms with van der Waals surface area (Å²) in [5.74, 6) is -0.927. The maximum Gasteiger partial charge on any atom is 0.306 e. The fourth-order valence-electron chi connectivity index (χ4n) is 7.40. The van der Waals surface area contributed by atoms with Crippen LogP contribution >= 0.6 is 0 Å². The Morgan fingerprint density at radius 2 is 0.656 bits per heavy atom. The summed E-state index contributed by atoms with van der Waals surface area (Å²) in [5, 5.41) is 0. The van der Waals surface area contributed by atoms with Crippen molar-refractivity contribution in [3.63, 3.8) is 0 Å². The van der Waals surface area contributed by atoms with Crippen molar-refractivity contribution in [1.82, 2.24) is 0 Å². The van der Waals surface area contributed by atoms with Gasteiger partial charge in [-0.25, -0.2) is 0 Å². The zero-order valence-electron chi connectivity index (χ0n) is 40.4. The molecule has 0 saturated heterocycles. The molecule has 0 aromatic carbocycles. The van der Waals surface area contributed by atoms with E-state index in [1.165, 1.54) is 135 Å². The Bertz CT molecular complexity index is 1070. The molecule has 0 aliphatic carbocycles. The lowest BCUT2D eigenvalue weighted by Gasteiger charge is -2.18. The second-order valence-corrected chi connectivity index (χ2v) is 17.4. The van der Waals surface area contributed by atoms with Gasteiger partial charge in [-0.15, -0.1) is 0 Å². The Kier molecular flexibility index (Phi) is 47.9. The minimum atomic E-state index is -0.787. The monoisotopic (exact) mass is 855 g/mol. The average molecular weight is 855 g/mol. The number of carbonyl (C=O) groups excluding carboxylic acids is 3. The normalized spacial score (nSPS) is 12.4. The molecule has 1 unspecified atom stereocenters. The molecular weight excluding hydrogens is 757 g/mol. The molecule has 0 aromatic rings. The lowest BCUT2D eigenvalue weighted by atomic mass is 10.0. The highest BCUT2D eigenvalue weighted by Gasteiger charge is 2.19. The summed E-state index contributed by atoms with van der Waals surface area (Å²) in [6.07, 6.45) is 59.7. The first-order valence-electron chi connectivity index (χ1n) is 26.1. The summed E-state index contributed by atoms with van der Waals surface area (Å²) >= 11 is 0. The van der Waals surface area contributed by atoms with E-state index in [-0.39, 0.29) is 31.1 Å². The van der Waals surface area contributed by atoms with Crippen LogP contribution < -0.4 is 0 Å². The molecule has 0 heterocycles. The molecule has 0 saturated carbocycles. The van der Waals surface area contributed by atoms with Crippen molar-refractivity contribution in [3.8, 4) is 0 Å². The Balaban J connectivity index is 4.31. The van der Waals surface area contributed by atoms with Gasteiger partial charge in [0.1, 0.15) is 13.2 Å². The highest BCUT2D eigenvalue weighted by molar-refractivity contribution is 5.71. The molecular formula is C55H98O6. The first kappa shape index (κ1) is 58.4. The molecule has 0 N–H and O–H groups in total. The molecule has 6 heteroatoms. The molecule has 6 nitrogen and oxygen atoms in total. The summed E-state index contributed by atoms with van der Waals surface area (Å²) < 4.78 is 16.7. The van der Waals surface area contributed by atoms with Crippen LogP contribution in [0.15, 0.2) is 48.6 Å². The molecule has 0 rings (SSSR count). The van der Waals surface area contributed by atoms with Crippen LogP contribution in [0.4, 0.5) is 0 Å². The van der Waals surface area contributed by atoms with Gasteiger partial charge in [0.15, 0.2) is 6.10 Å². The number of ether oxygens (including phenoxy) is 3. The van der Waals surface area contributed by atoms with E-state index in [1.54, 1.807) is 0 Å². The highest BCUT2D eigenvalue weighted by Crippen LogP contribution is 2.16. The fraction of sp³-hybridized carbons (Fsp3) is 0.800. The fourth-order valence-corrected chi connectivity index (χ4v) is 7.40. The maximum atomic E-state index is 12.8. The van der Waals surface area contributed by atoms with Gasteiger partial charge in [0.25, 0.3) is 0 Å². The molecule has 0 aromatic heterocycles. The number of esters is 3. The molecule has 0 fully saturated rings. The number of unbranched alkanes of at least 4 members (excludes halogenated alkanes) is 28. The molecule has 1 atom stereocenters. The van der Waals surface area contributed by atoms with E-state index in [0.29, 0.717) is 19.3 Å². The van der Waals surface area contributed by atoms with Crippen LogP contribution in [0.1, 0.15) is 265 Å². The Hall–Kier alpha value is -2.63. The van der Waals surface area contributed by atoms with Crippen molar-refractivity contribution >= 4 is 17.9 Å². The number of hydrogen-bond acceptors (Lipinski definition) is 6. The van der Waals surface area contributed by atoms with Crippen LogP contribution in [-0.2, 0) is 28.6 Å². The largest absolute Gasteiger partial charge is 0.462 e. The van der Waals surface area contributed by atoms with Gasteiger partial charge in [-0.2, -0.15) is 0 Å². The standard InChI is InChI=1S/C55H98O6/c1-4-7-10-13-16-19-21-23-25-27-28-30-31-33-36-39-42-45-48-54(57)60-51-52(50-59-53(56)47-44-41-38-35-18-15-12-9-6-3)61-55(58)49-46-43-40-37-34-32-29-26-24-22-20-17-14-11-8-5-2/h8,11,17,20,24,26,35,38,52H,4-7,9-10,12-16,18-19,21-23,25,27-34,36-37,39-51H2,1-3H3/b11-8-,20-17-,26-24-,38-35-. The van der Waals surface area contributed by atoms with E-state index in [1.807, 2.05) is 0 Å². The summed E-state index contributed by atoms with van der Waals surface area (Å²) in [5.41, 5.74) is 0. The van der Waals surface area contributed by atoms with Crippen molar-refractivity contribution in [1.29, 1.82) is 0 Å². The van der Waals surface area contributed by atoms with Crippen molar-refractivity contribution in [3.05, 3.63) is 48.6 Å². The average Bonchev–Trinajstić information content (AvgIpc) is 3.26. The second-order valence-electron chi connectivity index (χ2n) is 17.4. The number of hydrogen-bond donors (Lipinski definition) is 0. The zero-order chi connectivity index (χ0) is 44.4. The lowest BCUT2D eigenvalue weighted by molar-refractivity contribution is -0.167. The van der Waals surface area contributed by atoms with Crippen LogP contribution in [0.3, 0.4) is 0 Å². The number of carbonyl (C=O) groups is 3. The van der Waals surface area contributed by atoms with Crippen LogP contribution in [-0.4, -0.2) is 37.2 Å². The smallest absolute Gasteiger partial charge is 0.306 e. The van der Waals surface area contributed by atoms with Crippen molar-refractivity contribution in [2.24, 2.45) is 0 Å². The predicted octanol–water partition coefficient (Wildman–Crippen LogP) is 17.1. The predicted molar refractivity (Wildman–Crippen MR) is 261 cm³/mol. The minimum absolute atomic E-state index is 0.0846. The molecule has 61 heavy (non-hydrogen) atoms. The number of rotatable bonds is 47. The molecule has 354 valence electrons. The Morgan fingerprint density at radius 1 is 0.344 bits per heavy atom. The van der Waals surface area contributed by atoms with E-state index in [0.717, 1.165) is 89.9 Å². The third-order valence-electron chi connectivity index (χ3n) is 11.3. The van der Waals surface area contributed by atoms with E-state index in [2.05, 4.69) is 69.4 Å². The third kappa shape index (κ3) is 48.3. The molecule has 0 bridgehead atoms. The van der Waals surface area contributed by atoms with Gasteiger partial charge in [0, 0.05) is 19.3 Å². The van der Waals surface area contributed by atoms with Crippen molar-refractivity contribution in [2.45, 2.75) is 271 Å². The van der Waals surface area contributed by atoms with Gasteiger partial charge in [-0.05, 0) is 70.6 Å². The number of allylic oxidation sites excluding steroid dienone is 8. The van der Waals surface area contributed by atoms with Gasteiger partial charge in [0.05, 0.1) is 0 Å². The van der Waals surface area contributed by atoms with Crippen molar-refractivity contribution in [2.75, 3.05) is 13.2 Å². The van der Waals surface area contributed by atoms with Gasteiger partial charge in [-0.3, -0.25) is 14.4 Å². The highest BCUT2D eigenvalue weighted by atomic mass is 16.6. The summed E-state index contributed by atoms with van der Waals surface area (Å²) in [4.78, 5) is 37.9. The SMILES string of the molecule is CC/C=C\C/C=C\C/C=C\CCCCCCCCC(=O)OC(COC(=O)CCC/C=C\CCCCCC)COC(=O)CCCCCCCCCCCCCCCCCCCC. The molecule has 0 aliphatic rings. The molecule has 0 aliphatic heterocycles. The Labute approximate surface area is 378 Å². The van der Waals surface area contributed by atoms with E-state index in [4.69, 9.17) is 14.2 Å². The minimum Gasteiger partial charge on any atom is -0.462 e. The summed E-state index contributed by atoms with van der Waals surface area (Å²) in [7, 11) is 0. The van der Waals surface area contributed by atoms with Gasteiger partial charge in [0.2, 0.25) is 0 Å².